The summed E-state index contributed by atoms with van der Waals surface area (Å²) >= 11 is 0. The van der Waals surface area contributed by atoms with E-state index >= 15 is 0 Å². The molecule has 0 unspecified atom stereocenters. The van der Waals surface area contributed by atoms with Crippen molar-refractivity contribution in [3.05, 3.63) is 42.5 Å². The second-order valence-electron chi connectivity index (χ2n) is 5.76. The Morgan fingerprint density at radius 2 is 1.60 bits per heavy atom. The Kier molecular flexibility index (Phi) is 3.79. The fourth-order valence-corrected chi connectivity index (χ4v) is 5.16. The summed E-state index contributed by atoms with van der Waals surface area (Å²) in [5.74, 6) is 0.647. The zero-order valence-corrected chi connectivity index (χ0v) is 12.4. The lowest BCUT2D eigenvalue weighted by atomic mass is 9.91. The van der Waals surface area contributed by atoms with Crippen LogP contribution in [-0.4, -0.2) is 14.2 Å². The minimum absolute atomic E-state index is 0.307. The third-order valence-corrected chi connectivity index (χ3v) is 6.20. The molecule has 2 aromatic rings. The third kappa shape index (κ3) is 2.73. The van der Waals surface area contributed by atoms with Gasteiger partial charge in [0.1, 0.15) is 0 Å². The summed E-state index contributed by atoms with van der Waals surface area (Å²) in [5, 5.41) is 1.85. The maximum absolute atomic E-state index is 12.7. The average molecular weight is 288 g/mol. The molecule has 0 N–H and O–H groups in total. The number of hydrogen-bond acceptors (Lipinski definition) is 2. The molecule has 0 aromatic heterocycles. The Morgan fingerprint density at radius 3 is 2.40 bits per heavy atom. The lowest BCUT2D eigenvalue weighted by molar-refractivity contribution is 0.385. The molecule has 3 heteroatoms. The molecule has 0 amide bonds. The summed E-state index contributed by atoms with van der Waals surface area (Å²) in [6.45, 7) is 0. The van der Waals surface area contributed by atoms with E-state index in [-0.39, 0.29) is 0 Å². The number of benzene rings is 2. The summed E-state index contributed by atoms with van der Waals surface area (Å²) < 4.78 is 25.4. The molecule has 20 heavy (non-hydrogen) atoms. The van der Waals surface area contributed by atoms with Crippen molar-refractivity contribution < 1.29 is 8.42 Å². The summed E-state index contributed by atoms with van der Waals surface area (Å²) in [5.41, 5.74) is 0. The molecule has 0 atom stereocenters. The van der Waals surface area contributed by atoms with Gasteiger partial charge in [0.25, 0.3) is 0 Å². The molecule has 1 saturated carbocycles. The zero-order valence-electron chi connectivity index (χ0n) is 11.6. The molecular weight excluding hydrogens is 268 g/mol. The van der Waals surface area contributed by atoms with Crippen molar-refractivity contribution in [1.82, 2.24) is 0 Å². The van der Waals surface area contributed by atoms with Gasteiger partial charge in [0, 0.05) is 5.39 Å². The first-order chi connectivity index (χ1) is 9.67. The normalized spacial score (nSPS) is 17.4. The molecule has 0 bridgehead atoms. The molecular formula is C17H20O2S. The van der Waals surface area contributed by atoms with Gasteiger partial charge in [-0.15, -0.1) is 0 Å². The van der Waals surface area contributed by atoms with E-state index in [1.165, 1.54) is 19.3 Å². The monoisotopic (exact) mass is 288 g/mol. The van der Waals surface area contributed by atoms with E-state index < -0.39 is 9.84 Å². The molecule has 0 spiro atoms. The van der Waals surface area contributed by atoms with Gasteiger partial charge in [-0.2, -0.15) is 0 Å². The Morgan fingerprint density at radius 1 is 0.900 bits per heavy atom. The maximum Gasteiger partial charge on any atom is 0.179 e. The van der Waals surface area contributed by atoms with Gasteiger partial charge in [-0.05, 0) is 30.2 Å². The van der Waals surface area contributed by atoms with Crippen molar-refractivity contribution in [2.45, 2.75) is 37.0 Å². The smallest absolute Gasteiger partial charge is 0.179 e. The largest absolute Gasteiger partial charge is 0.224 e. The molecule has 0 aliphatic heterocycles. The van der Waals surface area contributed by atoms with Crippen molar-refractivity contribution in [2.75, 3.05) is 5.75 Å². The van der Waals surface area contributed by atoms with Gasteiger partial charge in [-0.1, -0.05) is 55.7 Å². The van der Waals surface area contributed by atoms with Crippen LogP contribution in [-0.2, 0) is 9.84 Å². The summed E-state index contributed by atoms with van der Waals surface area (Å²) in [6.07, 6.45) is 5.73. The van der Waals surface area contributed by atoms with E-state index in [0.29, 0.717) is 16.6 Å². The van der Waals surface area contributed by atoms with Crippen molar-refractivity contribution in [1.29, 1.82) is 0 Å². The number of hydrogen-bond donors (Lipinski definition) is 0. The molecule has 1 aliphatic carbocycles. The van der Waals surface area contributed by atoms with Crippen molar-refractivity contribution in [3.8, 4) is 0 Å². The summed E-state index contributed by atoms with van der Waals surface area (Å²) in [6, 6.07) is 13.3. The highest BCUT2D eigenvalue weighted by Crippen LogP contribution is 2.29. The minimum atomic E-state index is -3.19. The minimum Gasteiger partial charge on any atom is -0.224 e. The van der Waals surface area contributed by atoms with Crippen LogP contribution in [0.2, 0.25) is 0 Å². The van der Waals surface area contributed by atoms with Crippen LogP contribution in [0.3, 0.4) is 0 Å². The fraction of sp³-hybridized carbons (Fsp3) is 0.412. The van der Waals surface area contributed by atoms with Gasteiger partial charge >= 0.3 is 0 Å². The van der Waals surface area contributed by atoms with Crippen molar-refractivity contribution >= 4 is 20.6 Å². The molecule has 106 valence electrons. The van der Waals surface area contributed by atoms with Gasteiger partial charge < -0.3 is 0 Å². The van der Waals surface area contributed by atoms with Gasteiger partial charge in [0.2, 0.25) is 0 Å². The van der Waals surface area contributed by atoms with Crippen LogP contribution in [0.5, 0.6) is 0 Å². The number of fused-ring (bicyclic) bond motifs is 1. The Balaban J connectivity index is 1.96. The first kappa shape index (κ1) is 13.6. The first-order valence-corrected chi connectivity index (χ1v) is 9.02. The molecule has 1 aliphatic rings. The van der Waals surface area contributed by atoms with Crippen LogP contribution in [0.25, 0.3) is 10.8 Å². The van der Waals surface area contributed by atoms with E-state index in [1.807, 2.05) is 36.4 Å². The Hall–Kier alpha value is -1.35. The van der Waals surface area contributed by atoms with E-state index in [0.717, 1.165) is 23.6 Å². The fourth-order valence-electron chi connectivity index (χ4n) is 3.22. The van der Waals surface area contributed by atoms with Gasteiger partial charge in [-0.3, -0.25) is 0 Å². The van der Waals surface area contributed by atoms with Crippen molar-refractivity contribution in [2.24, 2.45) is 5.92 Å². The van der Waals surface area contributed by atoms with Crippen LogP contribution in [0.4, 0.5) is 0 Å². The number of sulfone groups is 1. The van der Waals surface area contributed by atoms with E-state index in [9.17, 15) is 8.42 Å². The lowest BCUT2D eigenvalue weighted by Crippen LogP contribution is -2.19. The zero-order chi connectivity index (χ0) is 14.0. The first-order valence-electron chi connectivity index (χ1n) is 7.37. The molecule has 3 rings (SSSR count). The quantitative estimate of drug-likeness (QED) is 0.848. The maximum atomic E-state index is 12.7. The van der Waals surface area contributed by atoms with Crippen LogP contribution < -0.4 is 0 Å². The van der Waals surface area contributed by atoms with Gasteiger partial charge in [0.05, 0.1) is 10.6 Å². The molecule has 2 aromatic carbocycles. The van der Waals surface area contributed by atoms with E-state index in [2.05, 4.69) is 0 Å². The molecule has 0 radical (unpaired) electrons. The van der Waals surface area contributed by atoms with Crippen LogP contribution in [0.15, 0.2) is 47.4 Å². The van der Waals surface area contributed by atoms with Crippen LogP contribution in [0, 0.1) is 5.92 Å². The highest BCUT2D eigenvalue weighted by atomic mass is 32.2. The van der Waals surface area contributed by atoms with Crippen LogP contribution in [0.1, 0.15) is 32.1 Å². The highest BCUT2D eigenvalue weighted by molar-refractivity contribution is 7.91. The third-order valence-electron chi connectivity index (χ3n) is 4.26. The Labute approximate surface area is 120 Å². The lowest BCUT2D eigenvalue weighted by Gasteiger charge is -2.21. The highest BCUT2D eigenvalue weighted by Gasteiger charge is 2.24. The van der Waals surface area contributed by atoms with E-state index in [1.54, 1.807) is 6.07 Å². The average Bonchev–Trinajstić information content (AvgIpc) is 2.47. The molecule has 0 heterocycles. The molecule has 2 nitrogen and oxygen atoms in total. The van der Waals surface area contributed by atoms with Crippen LogP contribution >= 0.6 is 0 Å². The standard InChI is InChI=1S/C17H20O2S/c18-20(19,13-14-7-2-1-3-8-14)17-12-6-10-15-9-4-5-11-16(15)17/h4-6,9-12,14H,1-3,7-8,13H2. The predicted octanol–water partition coefficient (Wildman–Crippen LogP) is 4.19. The second-order valence-corrected chi connectivity index (χ2v) is 7.77. The van der Waals surface area contributed by atoms with Gasteiger partial charge in [-0.25, -0.2) is 8.42 Å². The predicted molar refractivity (Wildman–Crippen MR) is 82.6 cm³/mol. The molecule has 0 saturated heterocycles. The molecule has 1 fully saturated rings. The second kappa shape index (κ2) is 5.57. The SMILES string of the molecule is O=S(=O)(CC1CCCCC1)c1cccc2ccccc12. The van der Waals surface area contributed by atoms with Crippen molar-refractivity contribution in [3.63, 3.8) is 0 Å². The van der Waals surface area contributed by atoms with Gasteiger partial charge in [0.15, 0.2) is 9.84 Å². The summed E-state index contributed by atoms with van der Waals surface area (Å²) in [4.78, 5) is 0.501. The summed E-state index contributed by atoms with van der Waals surface area (Å²) in [7, 11) is -3.19. The number of rotatable bonds is 3. The topological polar surface area (TPSA) is 34.1 Å². The van der Waals surface area contributed by atoms with E-state index in [4.69, 9.17) is 0 Å². The Bertz CT molecular complexity index is 693.